The molecule has 2 rings (SSSR count). The van der Waals surface area contributed by atoms with E-state index in [-0.39, 0.29) is 5.91 Å². The predicted molar refractivity (Wildman–Crippen MR) is 71.4 cm³/mol. The second kappa shape index (κ2) is 5.67. The second-order valence-corrected chi connectivity index (χ2v) is 5.40. The Morgan fingerprint density at radius 3 is 3.12 bits per heavy atom. The van der Waals surface area contributed by atoms with Gasteiger partial charge in [0.25, 0.3) is 5.91 Å². The van der Waals surface area contributed by atoms with Gasteiger partial charge in [0.2, 0.25) is 0 Å². The maximum absolute atomic E-state index is 11.7. The van der Waals surface area contributed by atoms with E-state index in [0.717, 1.165) is 23.2 Å². The Morgan fingerprint density at radius 1 is 1.62 bits per heavy atom. The Bertz CT molecular complexity index is 358. The number of hydrogen-bond donors (Lipinski definition) is 3. The lowest BCUT2D eigenvalue weighted by molar-refractivity contribution is 0.0940. The van der Waals surface area contributed by atoms with Crippen LogP contribution in [0, 0.1) is 9.49 Å². The van der Waals surface area contributed by atoms with Gasteiger partial charge < -0.3 is 15.6 Å². The fraction of sp³-hybridized carbons (Fsp3) is 0.545. The van der Waals surface area contributed by atoms with Gasteiger partial charge in [-0.2, -0.15) is 0 Å². The highest BCUT2D eigenvalue weighted by Gasteiger charge is 2.14. The lowest BCUT2D eigenvalue weighted by Gasteiger charge is -2.22. The minimum atomic E-state index is -0.00603. The molecule has 1 aromatic heterocycles. The summed E-state index contributed by atoms with van der Waals surface area (Å²) in [7, 11) is 0. The highest BCUT2D eigenvalue weighted by molar-refractivity contribution is 14.1. The summed E-state index contributed by atoms with van der Waals surface area (Å²) in [6.45, 7) is 2.89. The van der Waals surface area contributed by atoms with E-state index in [2.05, 4.69) is 38.2 Å². The Kier molecular flexibility index (Phi) is 4.22. The number of aromatic amines is 1. The van der Waals surface area contributed by atoms with Crippen molar-refractivity contribution in [2.75, 3.05) is 19.6 Å². The van der Waals surface area contributed by atoms with Crippen molar-refractivity contribution in [2.45, 2.75) is 12.8 Å². The third-order valence-corrected chi connectivity index (χ3v) is 3.47. The van der Waals surface area contributed by atoms with Crippen LogP contribution in [0.5, 0.6) is 0 Å². The molecule has 4 nitrogen and oxygen atoms in total. The molecular formula is C11H16IN3O. The van der Waals surface area contributed by atoms with Crippen molar-refractivity contribution in [3.05, 3.63) is 21.5 Å². The summed E-state index contributed by atoms with van der Waals surface area (Å²) in [6, 6.07) is 1.86. The minimum absolute atomic E-state index is 0.00603. The van der Waals surface area contributed by atoms with Crippen LogP contribution in [-0.2, 0) is 0 Å². The number of piperidine rings is 1. The van der Waals surface area contributed by atoms with Gasteiger partial charge in [-0.3, -0.25) is 4.79 Å². The molecule has 2 heterocycles. The van der Waals surface area contributed by atoms with Crippen LogP contribution in [0.3, 0.4) is 0 Å². The monoisotopic (exact) mass is 333 g/mol. The number of rotatable bonds is 3. The smallest absolute Gasteiger partial charge is 0.267 e. The van der Waals surface area contributed by atoms with Crippen molar-refractivity contribution >= 4 is 28.5 Å². The summed E-state index contributed by atoms with van der Waals surface area (Å²) in [5.41, 5.74) is 0.646. The fourth-order valence-electron chi connectivity index (χ4n) is 1.93. The summed E-state index contributed by atoms with van der Waals surface area (Å²) >= 11 is 2.18. The average molecular weight is 333 g/mol. The van der Waals surface area contributed by atoms with Crippen LogP contribution in [0.2, 0.25) is 0 Å². The molecule has 16 heavy (non-hydrogen) atoms. The topological polar surface area (TPSA) is 56.9 Å². The van der Waals surface area contributed by atoms with Gasteiger partial charge in [0.1, 0.15) is 5.69 Å². The van der Waals surface area contributed by atoms with E-state index in [1.165, 1.54) is 12.8 Å². The van der Waals surface area contributed by atoms with Gasteiger partial charge in [-0.15, -0.1) is 0 Å². The molecule has 88 valence electrons. The number of H-pyrrole nitrogens is 1. The molecule has 0 bridgehead atoms. The maximum Gasteiger partial charge on any atom is 0.267 e. The first-order valence-corrected chi connectivity index (χ1v) is 6.66. The average Bonchev–Trinajstić information content (AvgIpc) is 2.74. The second-order valence-electron chi connectivity index (χ2n) is 4.15. The van der Waals surface area contributed by atoms with Crippen LogP contribution in [-0.4, -0.2) is 30.5 Å². The van der Waals surface area contributed by atoms with Gasteiger partial charge in [0, 0.05) is 16.3 Å². The lowest BCUT2D eigenvalue weighted by Crippen LogP contribution is -2.38. The van der Waals surface area contributed by atoms with Gasteiger partial charge in [0.15, 0.2) is 0 Å². The molecule has 1 amide bonds. The molecule has 1 saturated heterocycles. The normalized spacial score (nSPS) is 20.7. The highest BCUT2D eigenvalue weighted by Crippen LogP contribution is 2.09. The number of aromatic nitrogens is 1. The van der Waals surface area contributed by atoms with Crippen LogP contribution in [0.4, 0.5) is 0 Å². The van der Waals surface area contributed by atoms with Gasteiger partial charge in [-0.05, 0) is 60.5 Å². The van der Waals surface area contributed by atoms with Crippen molar-refractivity contribution in [1.29, 1.82) is 0 Å². The quantitative estimate of drug-likeness (QED) is 0.732. The fourth-order valence-corrected chi connectivity index (χ4v) is 2.40. The zero-order chi connectivity index (χ0) is 11.4. The Labute approximate surface area is 109 Å². The molecular weight excluding hydrogens is 317 g/mol. The molecule has 0 saturated carbocycles. The van der Waals surface area contributed by atoms with E-state index in [0.29, 0.717) is 11.6 Å². The summed E-state index contributed by atoms with van der Waals surface area (Å²) in [4.78, 5) is 14.7. The highest BCUT2D eigenvalue weighted by atomic mass is 127. The molecule has 0 spiro atoms. The number of amides is 1. The standard InChI is InChI=1S/C11H16IN3O/c12-9-4-10(14-7-9)11(16)15-6-8-2-1-3-13-5-8/h4,7-8,13-14H,1-3,5-6H2,(H,15,16). The molecule has 1 aromatic rings. The summed E-state index contributed by atoms with van der Waals surface area (Å²) in [6.07, 6.45) is 4.24. The first-order valence-electron chi connectivity index (χ1n) is 5.58. The third-order valence-electron chi connectivity index (χ3n) is 2.84. The Morgan fingerprint density at radius 2 is 2.50 bits per heavy atom. The largest absolute Gasteiger partial charge is 0.356 e. The first-order chi connectivity index (χ1) is 7.75. The van der Waals surface area contributed by atoms with Crippen molar-refractivity contribution in [2.24, 2.45) is 5.92 Å². The van der Waals surface area contributed by atoms with Crippen LogP contribution in [0.15, 0.2) is 12.3 Å². The van der Waals surface area contributed by atoms with E-state index >= 15 is 0 Å². The molecule has 1 atom stereocenters. The van der Waals surface area contributed by atoms with Crippen molar-refractivity contribution < 1.29 is 4.79 Å². The minimum Gasteiger partial charge on any atom is -0.356 e. The van der Waals surface area contributed by atoms with E-state index in [1.807, 2.05) is 12.3 Å². The Balaban J connectivity index is 1.79. The maximum atomic E-state index is 11.7. The number of carbonyl (C=O) groups excluding carboxylic acids is 1. The summed E-state index contributed by atoms with van der Waals surface area (Å²) in [5.74, 6) is 0.570. The SMILES string of the molecule is O=C(NCC1CCCNC1)c1cc(I)c[nH]1. The van der Waals surface area contributed by atoms with Crippen molar-refractivity contribution in [1.82, 2.24) is 15.6 Å². The molecule has 1 aliphatic rings. The molecule has 1 fully saturated rings. The van der Waals surface area contributed by atoms with Crippen molar-refractivity contribution in [3.63, 3.8) is 0 Å². The van der Waals surface area contributed by atoms with Gasteiger partial charge in [0.05, 0.1) is 0 Å². The zero-order valence-corrected chi connectivity index (χ0v) is 11.2. The van der Waals surface area contributed by atoms with Crippen molar-refractivity contribution in [3.8, 4) is 0 Å². The molecule has 1 unspecified atom stereocenters. The zero-order valence-electron chi connectivity index (χ0n) is 9.05. The number of hydrogen-bond acceptors (Lipinski definition) is 2. The van der Waals surface area contributed by atoms with Crippen LogP contribution in [0.1, 0.15) is 23.3 Å². The van der Waals surface area contributed by atoms with Crippen LogP contribution in [0.25, 0.3) is 0 Å². The summed E-state index contributed by atoms with van der Waals surface area (Å²) < 4.78 is 1.06. The molecule has 1 aliphatic heterocycles. The van der Waals surface area contributed by atoms with Gasteiger partial charge >= 0.3 is 0 Å². The van der Waals surface area contributed by atoms with E-state index in [1.54, 1.807) is 0 Å². The van der Waals surface area contributed by atoms with Gasteiger partial charge in [-0.1, -0.05) is 0 Å². The number of nitrogens with one attached hydrogen (secondary N) is 3. The summed E-state index contributed by atoms with van der Waals surface area (Å²) in [5, 5.41) is 6.31. The van der Waals surface area contributed by atoms with Crippen LogP contribution < -0.4 is 10.6 Å². The van der Waals surface area contributed by atoms with E-state index in [9.17, 15) is 4.79 Å². The molecule has 3 N–H and O–H groups in total. The number of halogens is 1. The van der Waals surface area contributed by atoms with E-state index < -0.39 is 0 Å². The predicted octanol–water partition coefficient (Wildman–Crippen LogP) is 1.35. The Hall–Kier alpha value is -0.560. The molecule has 0 aromatic carbocycles. The first kappa shape index (κ1) is 11.9. The third kappa shape index (κ3) is 3.21. The van der Waals surface area contributed by atoms with E-state index in [4.69, 9.17) is 0 Å². The molecule has 5 heteroatoms. The van der Waals surface area contributed by atoms with Crippen LogP contribution >= 0.6 is 22.6 Å². The molecule has 0 aliphatic carbocycles. The van der Waals surface area contributed by atoms with Gasteiger partial charge in [-0.25, -0.2) is 0 Å². The number of carbonyl (C=O) groups is 1. The molecule has 0 radical (unpaired) electrons. The lowest BCUT2D eigenvalue weighted by atomic mass is 10.00.